The summed E-state index contributed by atoms with van der Waals surface area (Å²) in [5.41, 5.74) is 14.6. The number of nitrogens with one attached hydrogen (secondary N) is 1. The van der Waals surface area contributed by atoms with E-state index in [1.165, 1.54) is 5.56 Å². The molecule has 408 valence electrons. The smallest absolute Gasteiger partial charge is 0.407 e. The van der Waals surface area contributed by atoms with Gasteiger partial charge in [-0.3, -0.25) is 15.1 Å². The highest BCUT2D eigenvalue weighted by molar-refractivity contribution is 6.44. The largest absolute Gasteiger partial charge is 0.465 e. The minimum atomic E-state index is -0.923. The second kappa shape index (κ2) is 21.5. The molecule has 4 N–H and O–H groups in total. The third-order valence-electron chi connectivity index (χ3n) is 17.5. The maximum Gasteiger partial charge on any atom is 0.407 e. The highest BCUT2D eigenvalue weighted by Crippen LogP contribution is 2.65. The molecule has 6 aromatic heterocycles. The Bertz CT molecular complexity index is 3740. The summed E-state index contributed by atoms with van der Waals surface area (Å²) in [6.45, 7) is 5.33. The van der Waals surface area contributed by atoms with E-state index < -0.39 is 6.09 Å². The molecule has 7 unspecified atom stereocenters. The van der Waals surface area contributed by atoms with Gasteiger partial charge in [0.25, 0.3) is 0 Å². The number of carbonyl (C=O) groups is 1. The number of nitrogens with zero attached hydrogens (tertiary/aromatic N) is 12. The first-order chi connectivity index (χ1) is 39.1. The van der Waals surface area contributed by atoms with E-state index in [0.717, 1.165) is 86.6 Å². The summed E-state index contributed by atoms with van der Waals surface area (Å²) >= 11 is 25.6. The summed E-state index contributed by atoms with van der Waals surface area (Å²) in [4.78, 5) is 47.1. The van der Waals surface area contributed by atoms with Crippen molar-refractivity contribution in [2.24, 2.45) is 29.4 Å². The summed E-state index contributed by atoms with van der Waals surface area (Å²) in [7, 11) is 0. The lowest BCUT2D eigenvalue weighted by atomic mass is 9.91. The van der Waals surface area contributed by atoms with E-state index in [1.807, 2.05) is 102 Å². The van der Waals surface area contributed by atoms with Crippen molar-refractivity contribution >= 4 is 86.5 Å². The fourth-order valence-corrected chi connectivity index (χ4v) is 14.2. The number of fused-ring (bicyclic) bond motifs is 4. The summed E-state index contributed by atoms with van der Waals surface area (Å²) in [6, 6.07) is 28.9. The van der Waals surface area contributed by atoms with Gasteiger partial charge < -0.3 is 30.3 Å². The topological polar surface area (TPSA) is 206 Å². The number of carboxylic acid groups (broad SMARTS) is 1. The van der Waals surface area contributed by atoms with Crippen LogP contribution in [0.25, 0.3) is 44.8 Å². The molecule has 3 saturated heterocycles. The Hall–Kier alpha value is -6.99. The van der Waals surface area contributed by atoms with E-state index in [1.54, 1.807) is 23.2 Å². The van der Waals surface area contributed by atoms with Crippen molar-refractivity contribution in [1.82, 2.24) is 54.8 Å². The quantitative estimate of drug-likeness (QED) is 0.104. The SMILES string of the molecule is NCC1(c2cccnc2)C2CCN(c3cnc4c(-c5cccc(Cl)c5Cl)[nH]nc4n3)CC21.O=C(O)N(Cc1ccccc1)CC1(c2cccnc2)C2CCN(c3cnc4c(-c5cccc(Cl)c5Cl)nn(C5CCCCO5)c4n3)CC21. The number of hydrogen-bond donors (Lipinski definition) is 3. The van der Waals surface area contributed by atoms with Crippen molar-refractivity contribution in [2.45, 2.75) is 55.7 Å². The van der Waals surface area contributed by atoms with Gasteiger partial charge in [-0.1, -0.05) is 113 Å². The van der Waals surface area contributed by atoms with Crippen molar-refractivity contribution in [3.8, 4) is 22.5 Å². The predicted molar refractivity (Wildman–Crippen MR) is 310 cm³/mol. The number of nitrogens with two attached hydrogens (primary N) is 1. The molecule has 0 bridgehead atoms. The van der Waals surface area contributed by atoms with Gasteiger partial charge in [-0.15, -0.1) is 0 Å². The van der Waals surface area contributed by atoms with Crippen LogP contribution < -0.4 is 15.5 Å². The normalized spacial score (nSPS) is 23.9. The molecule has 14 rings (SSSR count). The Balaban J connectivity index is 0.000000164. The van der Waals surface area contributed by atoms with Crippen molar-refractivity contribution < 1.29 is 14.6 Å². The van der Waals surface area contributed by atoms with Crippen molar-refractivity contribution in [3.05, 3.63) is 165 Å². The molecule has 3 aromatic carbocycles. The van der Waals surface area contributed by atoms with E-state index in [0.29, 0.717) is 103 Å². The van der Waals surface area contributed by atoms with Gasteiger partial charge in [-0.2, -0.15) is 10.2 Å². The molecular weight excluding hydrogens is 1090 g/mol. The maximum absolute atomic E-state index is 12.6. The fraction of sp³-hybridized carbons (Fsp3) is 0.339. The minimum Gasteiger partial charge on any atom is -0.465 e. The molecule has 0 spiro atoms. The number of hydrogen-bond acceptors (Lipinski definition) is 13. The molecule has 17 nitrogen and oxygen atoms in total. The number of ether oxygens (including phenoxy) is 1. The van der Waals surface area contributed by atoms with Crippen LogP contribution in [-0.4, -0.2) is 112 Å². The Morgan fingerprint density at radius 2 is 1.35 bits per heavy atom. The Labute approximate surface area is 481 Å². The molecule has 5 aliphatic rings. The van der Waals surface area contributed by atoms with Crippen LogP contribution in [0.1, 0.15) is 55.0 Å². The van der Waals surface area contributed by atoms with Gasteiger partial charge in [0.1, 0.15) is 28.4 Å². The second-order valence-electron chi connectivity index (χ2n) is 21.5. The summed E-state index contributed by atoms with van der Waals surface area (Å²) in [6.07, 6.45) is 14.7. The first-order valence-electron chi connectivity index (χ1n) is 27.1. The van der Waals surface area contributed by atoms with E-state index in [-0.39, 0.29) is 23.0 Å². The molecule has 3 aliphatic heterocycles. The number of rotatable bonds is 12. The predicted octanol–water partition coefficient (Wildman–Crippen LogP) is 11.5. The third-order valence-corrected chi connectivity index (χ3v) is 19.1. The number of benzene rings is 3. The number of anilines is 2. The van der Waals surface area contributed by atoms with E-state index in [2.05, 4.69) is 47.1 Å². The van der Waals surface area contributed by atoms with Gasteiger partial charge >= 0.3 is 6.09 Å². The van der Waals surface area contributed by atoms with Gasteiger partial charge in [0, 0.05) is 99.2 Å². The van der Waals surface area contributed by atoms with Crippen LogP contribution in [0.5, 0.6) is 0 Å². The maximum atomic E-state index is 12.6. The zero-order valence-corrected chi connectivity index (χ0v) is 46.4. The number of pyridine rings is 2. The zero-order chi connectivity index (χ0) is 54.7. The summed E-state index contributed by atoms with van der Waals surface area (Å²) in [5.74, 6) is 3.21. The van der Waals surface area contributed by atoms with Crippen molar-refractivity contribution in [3.63, 3.8) is 0 Å². The molecule has 2 saturated carbocycles. The fourth-order valence-electron chi connectivity index (χ4n) is 13.4. The van der Waals surface area contributed by atoms with E-state index in [9.17, 15) is 9.90 Å². The van der Waals surface area contributed by atoms with Crippen LogP contribution in [0.2, 0.25) is 20.1 Å². The van der Waals surface area contributed by atoms with Crippen LogP contribution in [-0.2, 0) is 22.1 Å². The van der Waals surface area contributed by atoms with Gasteiger partial charge in [0.15, 0.2) is 11.9 Å². The Morgan fingerprint density at radius 1 is 0.713 bits per heavy atom. The van der Waals surface area contributed by atoms with Crippen LogP contribution >= 0.6 is 46.4 Å². The van der Waals surface area contributed by atoms with Crippen LogP contribution in [0.15, 0.2) is 128 Å². The highest BCUT2D eigenvalue weighted by atomic mass is 35.5. The number of aromatic nitrogens is 10. The Kier molecular flexibility index (Phi) is 14.1. The standard InChI is InChI=1S/C36H35Cl2N7O3.C23H21Cl2N7/c37-28-12-6-11-25(31(28)38)32-33-34(45(42-32)30-13-4-5-17-48-30)41-29(19-40-33)43-16-14-26-27(21-43)36(26,24-10-7-15-39-18-24)22-44(35(46)47)20-23-8-2-1-3-9-23;24-17-5-1-4-14(19(17)25)20-21-22(31-30-20)29-18(10-28-21)32-8-6-15-16(11-32)23(15,12-26)13-3-2-7-27-9-13/h1-3,6-12,15,18-19,26-27,30H,4-5,13-14,16-17,20-22H2,(H,46,47);1-5,7,9-10,15-16H,6,8,11-12,26H2,(H,29,30,31). The molecular formula is C59H56Cl4N14O3. The molecule has 80 heavy (non-hydrogen) atoms. The molecule has 7 atom stereocenters. The Morgan fingerprint density at radius 3 is 2.00 bits per heavy atom. The van der Waals surface area contributed by atoms with Gasteiger partial charge in [-0.25, -0.2) is 29.4 Å². The lowest BCUT2D eigenvalue weighted by molar-refractivity contribution is -0.0368. The summed E-state index contributed by atoms with van der Waals surface area (Å²) in [5, 5.41) is 24.6. The minimum absolute atomic E-state index is 0.0172. The lowest BCUT2D eigenvalue weighted by Gasteiger charge is -2.28. The molecule has 2 aliphatic carbocycles. The van der Waals surface area contributed by atoms with Crippen LogP contribution in [0.4, 0.5) is 16.4 Å². The number of H-pyrrole nitrogens is 1. The van der Waals surface area contributed by atoms with E-state index >= 15 is 0 Å². The van der Waals surface area contributed by atoms with Gasteiger partial charge in [-0.05, 0) is 96.7 Å². The molecule has 0 radical (unpaired) electrons. The third kappa shape index (κ3) is 9.25. The van der Waals surface area contributed by atoms with Gasteiger partial charge in [0.2, 0.25) is 5.65 Å². The molecule has 21 heteroatoms. The van der Waals surface area contributed by atoms with Gasteiger partial charge in [0.05, 0.1) is 38.2 Å². The first-order valence-corrected chi connectivity index (χ1v) is 28.6. The molecule has 1 amide bonds. The number of piperidine rings is 2. The number of aromatic amines is 1. The van der Waals surface area contributed by atoms with Crippen molar-refractivity contribution in [1.29, 1.82) is 0 Å². The van der Waals surface area contributed by atoms with Crippen LogP contribution in [0.3, 0.4) is 0 Å². The second-order valence-corrected chi connectivity index (χ2v) is 23.1. The molecule has 5 fully saturated rings. The first kappa shape index (κ1) is 52.4. The lowest BCUT2D eigenvalue weighted by Crippen LogP contribution is -2.38. The monoisotopic (exact) mass is 1150 g/mol. The highest BCUT2D eigenvalue weighted by Gasteiger charge is 2.68. The molecule has 9 heterocycles. The molecule has 9 aromatic rings. The van der Waals surface area contributed by atoms with Crippen molar-refractivity contribution in [2.75, 3.05) is 55.7 Å². The number of amides is 1. The average molecular weight is 1150 g/mol. The van der Waals surface area contributed by atoms with Crippen LogP contribution in [0, 0.1) is 23.7 Å². The number of halogens is 4. The summed E-state index contributed by atoms with van der Waals surface area (Å²) < 4.78 is 8.02. The average Bonchev–Trinajstić information content (AvgIpc) is 4.27. The van der Waals surface area contributed by atoms with E-state index in [4.69, 9.17) is 76.9 Å². The zero-order valence-electron chi connectivity index (χ0n) is 43.4.